The summed E-state index contributed by atoms with van der Waals surface area (Å²) in [6.07, 6.45) is -0.368. The number of carbonyl (C=O) groups excluding carboxylic acids is 2. The SMILES string of the molecule is CC(C)(C)OC(=O)N1CC(C(=O)NCC2CN(Cc3ccccc3)CCO2)C1. The number of amides is 2. The van der Waals surface area contributed by atoms with Gasteiger partial charge in [-0.1, -0.05) is 30.3 Å². The lowest BCUT2D eigenvalue weighted by molar-refractivity contribution is -0.130. The van der Waals surface area contributed by atoms with E-state index in [-0.39, 0.29) is 24.0 Å². The monoisotopic (exact) mass is 389 g/mol. The van der Waals surface area contributed by atoms with Gasteiger partial charge in [-0.15, -0.1) is 0 Å². The van der Waals surface area contributed by atoms with Crippen LogP contribution in [0.3, 0.4) is 0 Å². The minimum atomic E-state index is -0.519. The molecular weight excluding hydrogens is 358 g/mol. The van der Waals surface area contributed by atoms with Crippen LogP contribution in [0, 0.1) is 5.92 Å². The molecule has 7 heteroatoms. The summed E-state index contributed by atoms with van der Waals surface area (Å²) in [6, 6.07) is 10.4. The lowest BCUT2D eigenvalue weighted by Crippen LogP contribution is -2.57. The van der Waals surface area contributed by atoms with E-state index < -0.39 is 5.60 Å². The molecule has 0 bridgehead atoms. The van der Waals surface area contributed by atoms with Crippen LogP contribution >= 0.6 is 0 Å². The Labute approximate surface area is 167 Å². The van der Waals surface area contributed by atoms with Crippen molar-refractivity contribution in [1.29, 1.82) is 0 Å². The van der Waals surface area contributed by atoms with Crippen molar-refractivity contribution < 1.29 is 19.1 Å². The van der Waals surface area contributed by atoms with Gasteiger partial charge < -0.3 is 19.7 Å². The minimum absolute atomic E-state index is 0.0107. The first-order valence-electron chi connectivity index (χ1n) is 9.94. The molecule has 2 amide bonds. The van der Waals surface area contributed by atoms with Gasteiger partial charge in [0.25, 0.3) is 0 Å². The van der Waals surface area contributed by atoms with E-state index >= 15 is 0 Å². The number of nitrogens with one attached hydrogen (secondary N) is 1. The van der Waals surface area contributed by atoms with Gasteiger partial charge in [-0.05, 0) is 26.3 Å². The molecular formula is C21H31N3O4. The number of rotatable bonds is 5. The smallest absolute Gasteiger partial charge is 0.410 e. The predicted octanol–water partition coefficient (Wildman–Crippen LogP) is 1.87. The van der Waals surface area contributed by atoms with Crippen molar-refractivity contribution in [2.24, 2.45) is 5.92 Å². The standard InChI is InChI=1S/C21H31N3O4/c1-21(2,3)28-20(26)24-13-17(14-24)19(25)22-11-18-15-23(9-10-27-18)12-16-7-5-4-6-8-16/h4-8,17-18H,9-15H2,1-3H3,(H,22,25). The normalized spacial score (nSPS) is 21.1. The summed E-state index contributed by atoms with van der Waals surface area (Å²) < 4.78 is 11.1. The van der Waals surface area contributed by atoms with E-state index in [0.29, 0.717) is 26.2 Å². The number of ether oxygens (including phenoxy) is 2. The molecule has 0 spiro atoms. The zero-order valence-corrected chi connectivity index (χ0v) is 17.0. The highest BCUT2D eigenvalue weighted by atomic mass is 16.6. The average molecular weight is 389 g/mol. The summed E-state index contributed by atoms with van der Waals surface area (Å²) in [7, 11) is 0. The zero-order valence-electron chi connectivity index (χ0n) is 17.0. The van der Waals surface area contributed by atoms with Gasteiger partial charge in [0.15, 0.2) is 0 Å². The van der Waals surface area contributed by atoms with Crippen LogP contribution in [0.4, 0.5) is 4.79 Å². The number of likely N-dealkylation sites (tertiary alicyclic amines) is 1. The molecule has 2 aliphatic heterocycles. The topological polar surface area (TPSA) is 71.1 Å². The molecule has 7 nitrogen and oxygen atoms in total. The minimum Gasteiger partial charge on any atom is -0.444 e. The van der Waals surface area contributed by atoms with E-state index in [0.717, 1.165) is 19.6 Å². The predicted molar refractivity (Wildman–Crippen MR) is 106 cm³/mol. The number of hydrogen-bond donors (Lipinski definition) is 1. The first-order valence-corrected chi connectivity index (χ1v) is 9.94. The maximum Gasteiger partial charge on any atom is 0.410 e. The molecule has 2 saturated heterocycles. The number of hydrogen-bond acceptors (Lipinski definition) is 5. The third-order valence-electron chi connectivity index (χ3n) is 4.88. The first kappa shape index (κ1) is 20.6. The van der Waals surface area contributed by atoms with Crippen LogP contribution in [0.5, 0.6) is 0 Å². The molecule has 2 aliphatic rings. The summed E-state index contributed by atoms with van der Waals surface area (Å²) in [5.41, 5.74) is 0.762. The lowest BCUT2D eigenvalue weighted by atomic mass is 10.00. The van der Waals surface area contributed by atoms with Gasteiger partial charge in [-0.2, -0.15) is 0 Å². The molecule has 1 unspecified atom stereocenters. The van der Waals surface area contributed by atoms with Crippen LogP contribution in [-0.4, -0.2) is 72.8 Å². The summed E-state index contributed by atoms with van der Waals surface area (Å²) in [4.78, 5) is 28.2. The first-order chi connectivity index (χ1) is 13.3. The Morgan fingerprint density at radius 3 is 2.57 bits per heavy atom. The van der Waals surface area contributed by atoms with Crippen molar-refractivity contribution in [3.63, 3.8) is 0 Å². The summed E-state index contributed by atoms with van der Waals surface area (Å²) in [5, 5.41) is 2.98. The van der Waals surface area contributed by atoms with Crippen molar-refractivity contribution >= 4 is 12.0 Å². The van der Waals surface area contributed by atoms with Gasteiger partial charge in [-0.3, -0.25) is 9.69 Å². The van der Waals surface area contributed by atoms with E-state index in [1.807, 2.05) is 39.0 Å². The maximum atomic E-state index is 12.3. The molecule has 1 N–H and O–H groups in total. The molecule has 28 heavy (non-hydrogen) atoms. The summed E-state index contributed by atoms with van der Waals surface area (Å²) >= 11 is 0. The highest BCUT2D eigenvalue weighted by molar-refractivity contribution is 5.82. The Kier molecular flexibility index (Phi) is 6.57. The van der Waals surface area contributed by atoms with Crippen LogP contribution in [0.25, 0.3) is 0 Å². The molecule has 3 rings (SSSR count). The van der Waals surface area contributed by atoms with Crippen molar-refractivity contribution in [2.75, 3.05) is 39.3 Å². The van der Waals surface area contributed by atoms with E-state index in [1.54, 1.807) is 4.90 Å². The second-order valence-electron chi connectivity index (χ2n) is 8.54. The van der Waals surface area contributed by atoms with Crippen LogP contribution < -0.4 is 5.32 Å². The Morgan fingerprint density at radius 1 is 1.18 bits per heavy atom. The van der Waals surface area contributed by atoms with Gasteiger partial charge >= 0.3 is 6.09 Å². The second kappa shape index (κ2) is 8.92. The number of morpholine rings is 1. The fourth-order valence-electron chi connectivity index (χ4n) is 3.37. The third kappa shape index (κ3) is 5.94. The van der Waals surface area contributed by atoms with Gasteiger partial charge in [0, 0.05) is 39.3 Å². The molecule has 0 radical (unpaired) electrons. The molecule has 1 aromatic rings. The van der Waals surface area contributed by atoms with Crippen molar-refractivity contribution in [3.05, 3.63) is 35.9 Å². The van der Waals surface area contributed by atoms with Crippen molar-refractivity contribution in [2.45, 2.75) is 39.0 Å². The van der Waals surface area contributed by atoms with E-state index in [2.05, 4.69) is 22.3 Å². The van der Waals surface area contributed by atoms with E-state index in [9.17, 15) is 9.59 Å². The van der Waals surface area contributed by atoms with Gasteiger partial charge in [0.05, 0.1) is 18.6 Å². The Bertz CT molecular complexity index is 668. The molecule has 2 fully saturated rings. The molecule has 0 aromatic heterocycles. The largest absolute Gasteiger partial charge is 0.444 e. The fourth-order valence-corrected chi connectivity index (χ4v) is 3.37. The fraction of sp³-hybridized carbons (Fsp3) is 0.619. The van der Waals surface area contributed by atoms with Gasteiger partial charge in [0.2, 0.25) is 5.91 Å². The van der Waals surface area contributed by atoms with Crippen molar-refractivity contribution in [3.8, 4) is 0 Å². The van der Waals surface area contributed by atoms with Gasteiger partial charge in [0.1, 0.15) is 5.60 Å². The quantitative estimate of drug-likeness (QED) is 0.833. The second-order valence-corrected chi connectivity index (χ2v) is 8.54. The number of nitrogens with zero attached hydrogens (tertiary/aromatic N) is 2. The molecule has 1 atom stereocenters. The summed E-state index contributed by atoms with van der Waals surface area (Å²) in [5.74, 6) is -0.194. The average Bonchev–Trinajstić information content (AvgIpc) is 2.58. The molecule has 2 heterocycles. The third-order valence-corrected chi connectivity index (χ3v) is 4.88. The van der Waals surface area contributed by atoms with Gasteiger partial charge in [-0.25, -0.2) is 4.79 Å². The van der Waals surface area contributed by atoms with Crippen LogP contribution in [0.1, 0.15) is 26.3 Å². The number of carbonyl (C=O) groups is 2. The highest BCUT2D eigenvalue weighted by Crippen LogP contribution is 2.19. The van der Waals surface area contributed by atoms with Crippen LogP contribution in [0.15, 0.2) is 30.3 Å². The highest BCUT2D eigenvalue weighted by Gasteiger charge is 2.38. The van der Waals surface area contributed by atoms with E-state index in [1.165, 1.54) is 5.56 Å². The Balaban J connectivity index is 1.36. The summed E-state index contributed by atoms with van der Waals surface area (Å²) in [6.45, 7) is 10.1. The van der Waals surface area contributed by atoms with E-state index in [4.69, 9.17) is 9.47 Å². The van der Waals surface area contributed by atoms with Crippen LogP contribution in [-0.2, 0) is 20.8 Å². The Hall–Kier alpha value is -2.12. The molecule has 1 aromatic carbocycles. The van der Waals surface area contributed by atoms with Crippen molar-refractivity contribution in [1.82, 2.24) is 15.1 Å². The maximum absolute atomic E-state index is 12.3. The van der Waals surface area contributed by atoms with Crippen LogP contribution in [0.2, 0.25) is 0 Å². The number of benzene rings is 1. The zero-order chi connectivity index (χ0) is 20.1. The molecule has 154 valence electrons. The Morgan fingerprint density at radius 2 is 1.89 bits per heavy atom. The molecule has 0 saturated carbocycles. The lowest BCUT2D eigenvalue weighted by Gasteiger charge is -2.39. The molecule has 0 aliphatic carbocycles.